The molecule has 0 spiro atoms. The van der Waals surface area contributed by atoms with Crippen LogP contribution in [0.25, 0.3) is 0 Å². The molecule has 0 bridgehead atoms. The van der Waals surface area contributed by atoms with Gasteiger partial charge in [0.25, 0.3) is 0 Å². The average Bonchev–Trinajstić information content (AvgIpc) is 2.20. The summed E-state index contributed by atoms with van der Waals surface area (Å²) in [7, 11) is 2.99. The van der Waals surface area contributed by atoms with Crippen LogP contribution in [-0.2, 0) is 4.74 Å². The Bertz CT molecular complexity index is 355. The molecule has 1 aromatic rings. The van der Waals surface area contributed by atoms with Crippen LogP contribution >= 0.6 is 22.6 Å². The van der Waals surface area contributed by atoms with E-state index in [1.807, 2.05) is 6.07 Å². The van der Waals surface area contributed by atoms with Crippen molar-refractivity contribution in [2.75, 3.05) is 24.8 Å². The molecule has 0 aliphatic carbocycles. The summed E-state index contributed by atoms with van der Waals surface area (Å²) in [6, 6.07) is 5.36. The zero-order valence-corrected chi connectivity index (χ0v) is 10.1. The number of hydrogen-bond donors (Lipinski definition) is 1. The van der Waals surface area contributed by atoms with Crippen molar-refractivity contribution in [2.45, 2.75) is 0 Å². The highest BCUT2D eigenvalue weighted by molar-refractivity contribution is 14.1. The van der Waals surface area contributed by atoms with Crippen molar-refractivity contribution in [2.24, 2.45) is 0 Å². The van der Waals surface area contributed by atoms with Crippen molar-refractivity contribution in [1.82, 2.24) is 0 Å². The van der Waals surface area contributed by atoms with Crippen LogP contribution in [0.2, 0.25) is 0 Å². The summed E-state index contributed by atoms with van der Waals surface area (Å²) in [6.07, 6.45) is -0.398. The molecule has 0 saturated carbocycles. The number of halogens is 1. The molecular weight excluding hydrogens is 295 g/mol. The topological polar surface area (TPSA) is 55.6 Å². The van der Waals surface area contributed by atoms with E-state index in [9.17, 15) is 4.79 Å². The number of carbonyl (C=O) groups is 1. The fourth-order valence-corrected chi connectivity index (χ4v) is 1.47. The Morgan fingerprint density at radius 3 is 2.71 bits per heavy atom. The first-order valence-electron chi connectivity index (χ1n) is 3.93. The second kappa shape index (κ2) is 4.50. The summed E-state index contributed by atoms with van der Waals surface area (Å²) in [5.74, 6) is 0. The number of benzene rings is 1. The SMILES string of the molecule is COC(=O)N(C)c1ccc(N)c(I)c1. The second-order valence-corrected chi connectivity index (χ2v) is 3.90. The van der Waals surface area contributed by atoms with E-state index in [2.05, 4.69) is 27.3 Å². The van der Waals surface area contributed by atoms with Crippen LogP contribution in [0.4, 0.5) is 16.2 Å². The Morgan fingerprint density at radius 1 is 1.57 bits per heavy atom. The Hall–Kier alpha value is -0.980. The van der Waals surface area contributed by atoms with Crippen LogP contribution in [0.15, 0.2) is 18.2 Å². The van der Waals surface area contributed by atoms with Crippen molar-refractivity contribution < 1.29 is 9.53 Å². The number of amides is 1. The van der Waals surface area contributed by atoms with E-state index in [0.717, 1.165) is 9.26 Å². The molecule has 0 fully saturated rings. The highest BCUT2D eigenvalue weighted by atomic mass is 127. The Kier molecular flexibility index (Phi) is 3.56. The predicted octanol–water partition coefficient (Wildman–Crippen LogP) is 2.08. The van der Waals surface area contributed by atoms with Gasteiger partial charge in [-0.15, -0.1) is 0 Å². The van der Waals surface area contributed by atoms with Gasteiger partial charge in [-0.2, -0.15) is 0 Å². The van der Waals surface area contributed by atoms with E-state index in [1.54, 1.807) is 19.2 Å². The Labute approximate surface area is 96.2 Å². The van der Waals surface area contributed by atoms with Gasteiger partial charge in [-0.05, 0) is 40.8 Å². The van der Waals surface area contributed by atoms with Crippen LogP contribution in [0.5, 0.6) is 0 Å². The van der Waals surface area contributed by atoms with E-state index < -0.39 is 6.09 Å². The minimum atomic E-state index is -0.398. The molecule has 0 saturated heterocycles. The van der Waals surface area contributed by atoms with Crippen LogP contribution in [0, 0.1) is 3.57 Å². The molecule has 76 valence electrons. The number of hydrogen-bond acceptors (Lipinski definition) is 3. The molecular formula is C9H11IN2O2. The molecule has 1 aromatic carbocycles. The Balaban J connectivity index is 2.96. The van der Waals surface area contributed by atoms with Gasteiger partial charge in [-0.25, -0.2) is 4.79 Å². The number of nitrogen functional groups attached to an aromatic ring is 1. The van der Waals surface area contributed by atoms with Crippen LogP contribution in [0.3, 0.4) is 0 Å². The van der Waals surface area contributed by atoms with Crippen molar-refractivity contribution in [3.8, 4) is 0 Å². The fraction of sp³-hybridized carbons (Fsp3) is 0.222. The van der Waals surface area contributed by atoms with E-state index in [4.69, 9.17) is 5.73 Å². The molecule has 0 aliphatic heterocycles. The maximum Gasteiger partial charge on any atom is 0.413 e. The van der Waals surface area contributed by atoms with E-state index in [1.165, 1.54) is 12.0 Å². The van der Waals surface area contributed by atoms with Crippen LogP contribution in [-0.4, -0.2) is 20.3 Å². The summed E-state index contributed by atoms with van der Waals surface area (Å²) in [5.41, 5.74) is 7.12. The van der Waals surface area contributed by atoms with Gasteiger partial charge >= 0.3 is 6.09 Å². The lowest BCUT2D eigenvalue weighted by molar-refractivity contribution is 0.180. The first kappa shape index (κ1) is 11.1. The zero-order valence-electron chi connectivity index (χ0n) is 7.95. The number of ether oxygens (including phenoxy) is 1. The highest BCUT2D eigenvalue weighted by Gasteiger charge is 2.10. The average molecular weight is 306 g/mol. The summed E-state index contributed by atoms with van der Waals surface area (Å²) in [4.78, 5) is 12.6. The first-order valence-corrected chi connectivity index (χ1v) is 5.01. The first-order chi connectivity index (χ1) is 6.56. The number of nitrogens with zero attached hydrogens (tertiary/aromatic N) is 1. The predicted molar refractivity (Wildman–Crippen MR) is 64.4 cm³/mol. The summed E-state index contributed by atoms with van der Waals surface area (Å²) in [6.45, 7) is 0. The van der Waals surface area contributed by atoms with Gasteiger partial charge in [0.2, 0.25) is 0 Å². The monoisotopic (exact) mass is 306 g/mol. The summed E-state index contributed by atoms with van der Waals surface area (Å²) >= 11 is 2.12. The van der Waals surface area contributed by atoms with Gasteiger partial charge in [0.1, 0.15) is 0 Å². The third kappa shape index (κ3) is 2.28. The number of methoxy groups -OCH3 is 1. The van der Waals surface area contributed by atoms with Gasteiger partial charge in [0.05, 0.1) is 7.11 Å². The molecule has 0 aromatic heterocycles. The van der Waals surface area contributed by atoms with Gasteiger partial charge in [0.15, 0.2) is 0 Å². The molecule has 4 nitrogen and oxygen atoms in total. The number of nitrogens with two attached hydrogens (primary N) is 1. The van der Waals surface area contributed by atoms with E-state index in [0.29, 0.717) is 5.69 Å². The molecule has 0 aliphatic rings. The highest BCUT2D eigenvalue weighted by Crippen LogP contribution is 2.22. The largest absolute Gasteiger partial charge is 0.452 e. The smallest absolute Gasteiger partial charge is 0.413 e. The molecule has 14 heavy (non-hydrogen) atoms. The molecule has 1 rings (SSSR count). The van der Waals surface area contributed by atoms with Gasteiger partial charge in [-0.3, -0.25) is 4.90 Å². The van der Waals surface area contributed by atoms with Crippen molar-refractivity contribution in [3.63, 3.8) is 0 Å². The molecule has 0 heterocycles. The maximum atomic E-state index is 11.2. The maximum absolute atomic E-state index is 11.2. The van der Waals surface area contributed by atoms with E-state index >= 15 is 0 Å². The van der Waals surface area contributed by atoms with Gasteiger partial charge < -0.3 is 10.5 Å². The number of anilines is 2. The lowest BCUT2D eigenvalue weighted by Gasteiger charge is -2.16. The van der Waals surface area contributed by atoms with Crippen molar-refractivity contribution in [1.29, 1.82) is 0 Å². The van der Waals surface area contributed by atoms with E-state index in [-0.39, 0.29) is 0 Å². The zero-order chi connectivity index (χ0) is 10.7. The normalized spacial score (nSPS) is 9.64. The third-order valence-electron chi connectivity index (χ3n) is 1.82. The molecule has 0 radical (unpaired) electrons. The molecule has 0 unspecified atom stereocenters. The second-order valence-electron chi connectivity index (χ2n) is 2.73. The van der Waals surface area contributed by atoms with Crippen LogP contribution < -0.4 is 10.6 Å². The van der Waals surface area contributed by atoms with Crippen molar-refractivity contribution >= 4 is 40.1 Å². The van der Waals surface area contributed by atoms with Gasteiger partial charge in [-0.1, -0.05) is 0 Å². The number of carbonyl (C=O) groups excluding carboxylic acids is 1. The van der Waals surface area contributed by atoms with Crippen molar-refractivity contribution in [3.05, 3.63) is 21.8 Å². The lowest BCUT2D eigenvalue weighted by atomic mass is 10.3. The molecule has 5 heteroatoms. The fourth-order valence-electron chi connectivity index (χ4n) is 0.967. The summed E-state index contributed by atoms with van der Waals surface area (Å²) < 4.78 is 5.50. The summed E-state index contributed by atoms with van der Waals surface area (Å²) in [5, 5.41) is 0. The molecule has 0 atom stereocenters. The standard InChI is InChI=1S/C9H11IN2O2/c1-12(9(13)14-2)6-3-4-8(11)7(10)5-6/h3-5H,11H2,1-2H3. The lowest BCUT2D eigenvalue weighted by Crippen LogP contribution is -2.25. The third-order valence-corrected chi connectivity index (χ3v) is 2.75. The van der Waals surface area contributed by atoms with Crippen LogP contribution in [0.1, 0.15) is 0 Å². The molecule has 2 N–H and O–H groups in total. The minimum Gasteiger partial charge on any atom is -0.452 e. The Morgan fingerprint density at radius 2 is 2.21 bits per heavy atom. The number of rotatable bonds is 1. The minimum absolute atomic E-state index is 0.398. The van der Waals surface area contributed by atoms with Gasteiger partial charge in [0, 0.05) is 22.0 Å². The molecule has 1 amide bonds. The quantitative estimate of drug-likeness (QED) is 0.638.